The van der Waals surface area contributed by atoms with Crippen LogP contribution >= 0.6 is 11.3 Å². The number of halogens is 2. The number of aliphatic hydroxyl groups excluding tert-OH is 1. The lowest BCUT2D eigenvalue weighted by atomic mass is 9.99. The molecule has 1 aromatic heterocycles. The Morgan fingerprint density at radius 2 is 1.73 bits per heavy atom. The fourth-order valence-corrected chi connectivity index (χ4v) is 4.76. The van der Waals surface area contributed by atoms with E-state index in [1.165, 1.54) is 29.0 Å². The van der Waals surface area contributed by atoms with Crippen LogP contribution in [0.4, 0.5) is 8.78 Å². The first-order chi connectivity index (χ1) is 17.9. The van der Waals surface area contributed by atoms with Crippen molar-refractivity contribution in [1.82, 2.24) is 15.6 Å². The first-order valence-corrected chi connectivity index (χ1v) is 13.0. The maximum Gasteiger partial charge on any atom is 0.251 e. The average Bonchev–Trinajstić information content (AvgIpc) is 3.43. The third-order valence-corrected chi connectivity index (χ3v) is 6.89. The van der Waals surface area contributed by atoms with Crippen LogP contribution < -0.4 is 10.6 Å². The second kappa shape index (κ2) is 12.7. The molecule has 4 rings (SSSR count). The molecule has 192 valence electrons. The lowest BCUT2D eigenvalue weighted by Crippen LogP contribution is -2.48. The fraction of sp³-hybridized carbons (Fsp3) is 0.241. The lowest BCUT2D eigenvalue weighted by molar-refractivity contribution is 0.0830. The summed E-state index contributed by atoms with van der Waals surface area (Å²) in [4.78, 5) is 17.3. The van der Waals surface area contributed by atoms with E-state index >= 15 is 0 Å². The number of hydrogen-bond donors (Lipinski definition) is 3. The normalized spacial score (nSPS) is 12.8. The lowest BCUT2D eigenvalue weighted by Gasteiger charge is -2.25. The van der Waals surface area contributed by atoms with Crippen LogP contribution in [0.15, 0.2) is 78.3 Å². The summed E-state index contributed by atoms with van der Waals surface area (Å²) in [5.74, 6) is -1.80. The number of amides is 1. The number of nitrogens with zero attached hydrogens (tertiary/aromatic N) is 1. The number of nitrogens with one attached hydrogen (secondary N) is 2. The van der Waals surface area contributed by atoms with E-state index in [0.717, 1.165) is 28.6 Å². The molecule has 0 bridgehead atoms. The van der Waals surface area contributed by atoms with Gasteiger partial charge in [0.25, 0.3) is 5.91 Å². The van der Waals surface area contributed by atoms with Crippen LogP contribution in [0.1, 0.15) is 34.0 Å². The zero-order valence-corrected chi connectivity index (χ0v) is 21.3. The Morgan fingerprint density at radius 1 is 1.00 bits per heavy atom. The molecular weight excluding hydrogens is 492 g/mol. The molecule has 0 saturated heterocycles. The summed E-state index contributed by atoms with van der Waals surface area (Å²) in [6.45, 7) is 2.81. The monoisotopic (exact) mass is 521 g/mol. The topological polar surface area (TPSA) is 74.2 Å². The second-order valence-electron chi connectivity index (χ2n) is 8.85. The van der Waals surface area contributed by atoms with Crippen molar-refractivity contribution in [1.29, 1.82) is 0 Å². The number of rotatable bonds is 11. The zero-order valence-electron chi connectivity index (χ0n) is 20.5. The van der Waals surface area contributed by atoms with Crippen LogP contribution in [0.2, 0.25) is 0 Å². The molecule has 0 saturated carbocycles. The van der Waals surface area contributed by atoms with Gasteiger partial charge in [0, 0.05) is 41.9 Å². The molecule has 0 fully saturated rings. The molecule has 0 aliphatic rings. The Balaban J connectivity index is 1.45. The maximum atomic E-state index is 13.8. The molecule has 4 aromatic rings. The fourth-order valence-electron chi connectivity index (χ4n) is 4.11. The Kier molecular flexibility index (Phi) is 9.11. The van der Waals surface area contributed by atoms with Crippen molar-refractivity contribution < 1.29 is 18.7 Å². The van der Waals surface area contributed by atoms with Crippen molar-refractivity contribution in [3.63, 3.8) is 0 Å². The third kappa shape index (κ3) is 7.52. The summed E-state index contributed by atoms with van der Waals surface area (Å²) in [7, 11) is 0. The number of aromatic nitrogens is 1. The minimum Gasteiger partial charge on any atom is -0.390 e. The van der Waals surface area contributed by atoms with E-state index in [0.29, 0.717) is 17.7 Å². The molecule has 0 unspecified atom stereocenters. The number of benzene rings is 3. The van der Waals surface area contributed by atoms with Gasteiger partial charge in [0.15, 0.2) is 0 Å². The third-order valence-electron chi connectivity index (χ3n) is 6.07. The first kappa shape index (κ1) is 26.6. The summed E-state index contributed by atoms with van der Waals surface area (Å²) in [5, 5.41) is 19.8. The maximum absolute atomic E-state index is 13.8. The van der Waals surface area contributed by atoms with Crippen LogP contribution in [0, 0.1) is 11.6 Å². The molecule has 0 radical (unpaired) electrons. The zero-order chi connectivity index (χ0) is 26.2. The predicted octanol–water partition coefficient (Wildman–Crippen LogP) is 5.14. The number of carbonyl (C=O) groups is 1. The summed E-state index contributed by atoms with van der Waals surface area (Å²) >= 11 is 1.50. The quantitative estimate of drug-likeness (QED) is 0.256. The molecule has 3 aromatic carbocycles. The van der Waals surface area contributed by atoms with Gasteiger partial charge in [-0.05, 0) is 53.8 Å². The van der Waals surface area contributed by atoms with Gasteiger partial charge in [-0.1, -0.05) is 43.3 Å². The van der Waals surface area contributed by atoms with Crippen molar-refractivity contribution in [2.45, 2.75) is 38.5 Å². The standard InChI is InChI=1S/C29H29F2N3O2S/c1-2-19-4-3-5-20(12-19)17-32-18-27(35)26(15-21-13-24(30)16-25(31)14-21)34-28(36)22-6-8-23(9-7-22)29-33-10-11-37-29/h3-14,16,26-27,32,35H,2,15,17-18H2,1H3,(H,34,36)/t26-,27+/m0/s1. The van der Waals surface area contributed by atoms with Gasteiger partial charge >= 0.3 is 0 Å². The van der Waals surface area contributed by atoms with E-state index < -0.39 is 23.8 Å². The van der Waals surface area contributed by atoms with Crippen molar-refractivity contribution in [2.75, 3.05) is 6.54 Å². The molecule has 2 atom stereocenters. The molecular formula is C29H29F2N3O2S. The molecule has 0 aliphatic carbocycles. The van der Waals surface area contributed by atoms with E-state index in [1.54, 1.807) is 18.3 Å². The Bertz CT molecular complexity index is 1290. The highest BCUT2D eigenvalue weighted by Gasteiger charge is 2.23. The minimum absolute atomic E-state index is 0.0613. The Hall–Kier alpha value is -3.46. The van der Waals surface area contributed by atoms with Gasteiger partial charge in [0.2, 0.25) is 0 Å². The Labute approximate surface area is 219 Å². The molecule has 5 nitrogen and oxygen atoms in total. The van der Waals surface area contributed by atoms with Crippen LogP contribution in [-0.2, 0) is 19.4 Å². The molecule has 1 amide bonds. The van der Waals surface area contributed by atoms with Gasteiger partial charge in [-0.3, -0.25) is 4.79 Å². The smallest absolute Gasteiger partial charge is 0.251 e. The van der Waals surface area contributed by atoms with Crippen LogP contribution in [0.25, 0.3) is 10.6 Å². The summed E-state index contributed by atoms with van der Waals surface area (Å²) in [6, 6.07) is 17.6. The van der Waals surface area contributed by atoms with Crippen molar-refractivity contribution in [3.05, 3.63) is 112 Å². The van der Waals surface area contributed by atoms with Gasteiger partial charge in [-0.25, -0.2) is 13.8 Å². The Morgan fingerprint density at radius 3 is 2.41 bits per heavy atom. The summed E-state index contributed by atoms with van der Waals surface area (Å²) < 4.78 is 27.6. The summed E-state index contributed by atoms with van der Waals surface area (Å²) in [5.41, 5.74) is 3.96. The molecule has 0 spiro atoms. The second-order valence-corrected chi connectivity index (χ2v) is 9.74. The predicted molar refractivity (Wildman–Crippen MR) is 142 cm³/mol. The van der Waals surface area contributed by atoms with Gasteiger partial charge in [0.05, 0.1) is 12.1 Å². The molecule has 37 heavy (non-hydrogen) atoms. The van der Waals surface area contributed by atoms with Crippen LogP contribution in [0.3, 0.4) is 0 Å². The SMILES string of the molecule is CCc1cccc(CNC[C@@H](O)[C@H](Cc2cc(F)cc(F)c2)NC(=O)c2ccc(-c3nccs3)cc2)c1. The number of aryl methyl sites for hydroxylation is 1. The highest BCUT2D eigenvalue weighted by Crippen LogP contribution is 2.22. The van der Waals surface area contributed by atoms with Gasteiger partial charge < -0.3 is 15.7 Å². The highest BCUT2D eigenvalue weighted by molar-refractivity contribution is 7.13. The van der Waals surface area contributed by atoms with Gasteiger partial charge in [-0.15, -0.1) is 11.3 Å². The van der Waals surface area contributed by atoms with E-state index in [-0.39, 0.29) is 18.9 Å². The van der Waals surface area contributed by atoms with Gasteiger partial charge in [-0.2, -0.15) is 0 Å². The number of hydrogen-bond acceptors (Lipinski definition) is 5. The van der Waals surface area contributed by atoms with E-state index in [4.69, 9.17) is 0 Å². The summed E-state index contributed by atoms with van der Waals surface area (Å²) in [6.07, 6.45) is 1.71. The number of carbonyl (C=O) groups excluding carboxylic acids is 1. The van der Waals surface area contributed by atoms with E-state index in [2.05, 4.69) is 34.7 Å². The van der Waals surface area contributed by atoms with E-state index in [1.807, 2.05) is 29.6 Å². The van der Waals surface area contributed by atoms with Crippen molar-refractivity contribution in [2.24, 2.45) is 0 Å². The van der Waals surface area contributed by atoms with Crippen LogP contribution in [0.5, 0.6) is 0 Å². The molecule has 8 heteroatoms. The number of thiazole rings is 1. The first-order valence-electron chi connectivity index (χ1n) is 12.1. The molecule has 0 aliphatic heterocycles. The van der Waals surface area contributed by atoms with Crippen molar-refractivity contribution >= 4 is 17.2 Å². The minimum atomic E-state index is -1.00. The largest absolute Gasteiger partial charge is 0.390 e. The average molecular weight is 522 g/mol. The van der Waals surface area contributed by atoms with Gasteiger partial charge in [0.1, 0.15) is 16.6 Å². The number of aliphatic hydroxyl groups is 1. The van der Waals surface area contributed by atoms with Crippen LogP contribution in [-0.4, -0.2) is 34.7 Å². The van der Waals surface area contributed by atoms with E-state index in [9.17, 15) is 18.7 Å². The van der Waals surface area contributed by atoms with Crippen molar-refractivity contribution in [3.8, 4) is 10.6 Å². The molecule has 1 heterocycles. The highest BCUT2D eigenvalue weighted by atomic mass is 32.1. The molecule has 3 N–H and O–H groups in total.